The van der Waals surface area contributed by atoms with E-state index in [1.54, 1.807) is 6.20 Å². The van der Waals surface area contributed by atoms with Crippen molar-refractivity contribution in [3.8, 4) is 5.69 Å². The molecule has 4 nitrogen and oxygen atoms in total. The molecule has 1 saturated carbocycles. The SMILES string of the molecule is Cc1nccn1-c1cc(C(=O)NC(C)(C)C2CC2)cc(C2=CCC(Cl)C=C2)c1. The fraction of sp³-hybridized carbons (Fsp3) is 0.391. The number of alkyl halides is 1. The predicted octanol–water partition coefficient (Wildman–Crippen LogP) is 5.05. The molecule has 0 spiro atoms. The van der Waals surface area contributed by atoms with Crippen LogP contribution in [0.15, 0.2) is 48.8 Å². The minimum Gasteiger partial charge on any atom is -0.347 e. The number of halogens is 1. The first-order chi connectivity index (χ1) is 13.3. The van der Waals surface area contributed by atoms with Gasteiger partial charge in [0.05, 0.1) is 5.38 Å². The third kappa shape index (κ3) is 3.93. The number of imidazole rings is 1. The zero-order valence-electron chi connectivity index (χ0n) is 16.6. The molecule has 0 aliphatic heterocycles. The number of carbonyl (C=O) groups is 1. The molecule has 1 aromatic carbocycles. The van der Waals surface area contributed by atoms with E-state index in [0.717, 1.165) is 29.1 Å². The van der Waals surface area contributed by atoms with Crippen molar-refractivity contribution in [2.75, 3.05) is 0 Å². The molecule has 0 bridgehead atoms. The van der Waals surface area contributed by atoms with E-state index >= 15 is 0 Å². The van der Waals surface area contributed by atoms with Gasteiger partial charge in [-0.15, -0.1) is 11.6 Å². The van der Waals surface area contributed by atoms with E-state index in [9.17, 15) is 4.79 Å². The van der Waals surface area contributed by atoms with Crippen LogP contribution in [0.4, 0.5) is 0 Å². The first-order valence-electron chi connectivity index (χ1n) is 9.84. The van der Waals surface area contributed by atoms with E-state index in [2.05, 4.69) is 36.3 Å². The van der Waals surface area contributed by atoms with Gasteiger partial charge in [0.1, 0.15) is 5.82 Å². The average Bonchev–Trinajstić information content (AvgIpc) is 3.44. The highest BCUT2D eigenvalue weighted by molar-refractivity contribution is 6.22. The van der Waals surface area contributed by atoms with Crippen molar-refractivity contribution in [2.45, 2.75) is 50.9 Å². The minimum absolute atomic E-state index is 0.0323. The van der Waals surface area contributed by atoms with Crippen molar-refractivity contribution in [2.24, 2.45) is 5.92 Å². The molecule has 2 aliphatic rings. The summed E-state index contributed by atoms with van der Waals surface area (Å²) in [5.41, 5.74) is 3.52. The average molecular weight is 396 g/mol. The molecule has 1 heterocycles. The maximum atomic E-state index is 13.1. The lowest BCUT2D eigenvalue weighted by Gasteiger charge is -2.26. The molecular formula is C23H26ClN3O. The van der Waals surface area contributed by atoms with Gasteiger partial charge in [-0.05, 0) is 75.3 Å². The lowest BCUT2D eigenvalue weighted by molar-refractivity contribution is 0.0903. The van der Waals surface area contributed by atoms with Crippen molar-refractivity contribution in [1.29, 1.82) is 0 Å². The highest BCUT2D eigenvalue weighted by Gasteiger charge is 2.38. The molecule has 146 valence electrons. The Kier molecular flexibility index (Phi) is 4.92. The molecule has 1 unspecified atom stereocenters. The maximum absolute atomic E-state index is 13.1. The van der Waals surface area contributed by atoms with E-state index in [-0.39, 0.29) is 16.8 Å². The van der Waals surface area contributed by atoms with E-state index in [1.165, 1.54) is 12.8 Å². The van der Waals surface area contributed by atoms with Crippen LogP contribution < -0.4 is 5.32 Å². The van der Waals surface area contributed by atoms with Crippen LogP contribution in [-0.4, -0.2) is 26.4 Å². The Morgan fingerprint density at radius 1 is 1.29 bits per heavy atom. The molecule has 2 aromatic rings. The zero-order valence-corrected chi connectivity index (χ0v) is 17.3. The minimum atomic E-state index is -0.186. The van der Waals surface area contributed by atoms with Crippen molar-refractivity contribution in [3.63, 3.8) is 0 Å². The van der Waals surface area contributed by atoms with Crippen LogP contribution in [0.25, 0.3) is 11.3 Å². The number of amides is 1. The second-order valence-corrected chi connectivity index (χ2v) is 8.89. The molecule has 0 saturated heterocycles. The van der Waals surface area contributed by atoms with Gasteiger partial charge in [-0.2, -0.15) is 0 Å². The lowest BCUT2D eigenvalue weighted by Crippen LogP contribution is -2.45. The number of hydrogen-bond acceptors (Lipinski definition) is 2. The number of rotatable bonds is 5. The third-order valence-corrected chi connectivity index (χ3v) is 6.02. The molecule has 1 atom stereocenters. The largest absolute Gasteiger partial charge is 0.347 e. The van der Waals surface area contributed by atoms with Gasteiger partial charge in [-0.3, -0.25) is 4.79 Å². The van der Waals surface area contributed by atoms with Gasteiger partial charge in [0.2, 0.25) is 0 Å². The smallest absolute Gasteiger partial charge is 0.251 e. The first kappa shape index (κ1) is 19.0. The van der Waals surface area contributed by atoms with Gasteiger partial charge in [0.15, 0.2) is 0 Å². The van der Waals surface area contributed by atoms with Gasteiger partial charge in [-0.1, -0.05) is 18.2 Å². The van der Waals surface area contributed by atoms with E-state index in [4.69, 9.17) is 11.6 Å². The topological polar surface area (TPSA) is 46.9 Å². The molecule has 4 rings (SSSR count). The maximum Gasteiger partial charge on any atom is 0.251 e. The Morgan fingerprint density at radius 2 is 2.07 bits per heavy atom. The molecule has 28 heavy (non-hydrogen) atoms. The lowest BCUT2D eigenvalue weighted by atomic mass is 9.95. The Labute approximate surface area is 171 Å². The van der Waals surface area contributed by atoms with Gasteiger partial charge >= 0.3 is 0 Å². The van der Waals surface area contributed by atoms with Crippen molar-refractivity contribution in [3.05, 3.63) is 65.8 Å². The molecular weight excluding hydrogens is 370 g/mol. The summed E-state index contributed by atoms with van der Waals surface area (Å²) >= 11 is 6.18. The molecule has 5 heteroatoms. The van der Waals surface area contributed by atoms with E-state index in [0.29, 0.717) is 11.5 Å². The number of nitrogens with one attached hydrogen (secondary N) is 1. The fourth-order valence-electron chi connectivity index (χ4n) is 3.78. The third-order valence-electron chi connectivity index (χ3n) is 5.70. The van der Waals surface area contributed by atoms with Crippen LogP contribution >= 0.6 is 11.6 Å². The number of benzene rings is 1. The number of aryl methyl sites for hydroxylation is 1. The van der Waals surface area contributed by atoms with Gasteiger partial charge in [-0.25, -0.2) is 4.98 Å². The molecule has 1 aromatic heterocycles. The fourth-order valence-corrected chi connectivity index (χ4v) is 3.94. The van der Waals surface area contributed by atoms with Gasteiger partial charge in [0, 0.05) is 29.2 Å². The number of hydrogen-bond donors (Lipinski definition) is 1. The normalized spacial score (nSPS) is 19.4. The highest BCUT2D eigenvalue weighted by atomic mass is 35.5. The van der Waals surface area contributed by atoms with Gasteiger partial charge < -0.3 is 9.88 Å². The molecule has 1 amide bonds. The van der Waals surface area contributed by atoms with Crippen LogP contribution in [0.3, 0.4) is 0 Å². The summed E-state index contributed by atoms with van der Waals surface area (Å²) in [6.45, 7) is 6.18. The van der Waals surface area contributed by atoms with Crippen LogP contribution in [0.5, 0.6) is 0 Å². The van der Waals surface area contributed by atoms with Crippen molar-refractivity contribution < 1.29 is 4.79 Å². The Hall–Kier alpha value is -2.33. The second-order valence-electron chi connectivity index (χ2n) is 8.33. The van der Waals surface area contributed by atoms with Crippen LogP contribution in [0, 0.1) is 12.8 Å². The van der Waals surface area contributed by atoms with E-state index in [1.807, 2.05) is 42.0 Å². The first-order valence-corrected chi connectivity index (χ1v) is 10.3. The predicted molar refractivity (Wildman–Crippen MR) is 114 cm³/mol. The summed E-state index contributed by atoms with van der Waals surface area (Å²) in [6, 6.07) is 6.01. The Morgan fingerprint density at radius 3 is 2.68 bits per heavy atom. The summed E-state index contributed by atoms with van der Waals surface area (Å²) in [7, 11) is 0. The van der Waals surface area contributed by atoms with E-state index < -0.39 is 0 Å². The van der Waals surface area contributed by atoms with Crippen LogP contribution in [-0.2, 0) is 0 Å². The second kappa shape index (κ2) is 7.25. The Bertz CT molecular complexity index is 966. The van der Waals surface area contributed by atoms with Crippen LogP contribution in [0.1, 0.15) is 54.9 Å². The zero-order chi connectivity index (χ0) is 19.9. The Balaban J connectivity index is 1.73. The van der Waals surface area contributed by atoms with Crippen LogP contribution in [0.2, 0.25) is 0 Å². The highest BCUT2D eigenvalue weighted by Crippen LogP contribution is 2.39. The quantitative estimate of drug-likeness (QED) is 0.720. The standard InChI is InChI=1S/C23H26ClN3O/c1-15-25-10-11-27(15)21-13-17(16-4-8-20(24)9-5-16)12-18(14-21)22(28)26-23(2,3)19-6-7-19/h4-5,8,10-14,19-20H,6-7,9H2,1-3H3,(H,26,28). The monoisotopic (exact) mass is 395 g/mol. The summed E-state index contributed by atoms with van der Waals surface area (Å²) in [5.74, 6) is 1.42. The summed E-state index contributed by atoms with van der Waals surface area (Å²) < 4.78 is 2.00. The molecule has 0 radical (unpaired) electrons. The summed E-state index contributed by atoms with van der Waals surface area (Å²) in [5, 5.41) is 3.27. The van der Waals surface area contributed by atoms with Gasteiger partial charge in [0.25, 0.3) is 5.91 Å². The molecule has 1 fully saturated rings. The number of nitrogens with zero attached hydrogens (tertiary/aromatic N) is 2. The summed E-state index contributed by atoms with van der Waals surface area (Å²) in [4.78, 5) is 17.4. The van der Waals surface area contributed by atoms with Crippen molar-refractivity contribution >= 4 is 23.1 Å². The molecule has 1 N–H and O–H groups in total. The number of carbonyl (C=O) groups excluding carboxylic acids is 1. The number of allylic oxidation sites excluding steroid dienone is 4. The number of aromatic nitrogens is 2. The van der Waals surface area contributed by atoms with Crippen molar-refractivity contribution in [1.82, 2.24) is 14.9 Å². The summed E-state index contributed by atoms with van der Waals surface area (Å²) in [6.07, 6.45) is 13.0. The molecule has 2 aliphatic carbocycles.